The molecule has 0 saturated carbocycles. The standard InChI is InChI=1S/C25H34N4O5S/c1-27(22(18-7-4-3-5-8-18)16-29-14-12-19(30)15-29)24(31)17-34-23-11-10-21(28(2)35(32)33)20-9-6-13-26-25(20)23/h3-5,7-8,10-11,19,22,26,30,35H,6,9,12-17H2,1-2H3/t19-,22+/m0/s1. The highest BCUT2D eigenvalue weighted by atomic mass is 32.2. The predicted octanol–water partition coefficient (Wildman–Crippen LogP) is 1.65. The molecule has 2 atom stereocenters. The zero-order valence-electron chi connectivity index (χ0n) is 20.2. The maximum atomic E-state index is 13.2. The molecule has 0 bridgehead atoms. The van der Waals surface area contributed by atoms with Gasteiger partial charge in [0.1, 0.15) is 5.75 Å². The van der Waals surface area contributed by atoms with Crippen LogP contribution in [0.15, 0.2) is 42.5 Å². The predicted molar refractivity (Wildman–Crippen MR) is 136 cm³/mol. The fourth-order valence-corrected chi connectivity index (χ4v) is 5.18. The highest BCUT2D eigenvalue weighted by molar-refractivity contribution is 7.74. The molecule has 2 aliphatic rings. The molecule has 2 aromatic carbocycles. The van der Waals surface area contributed by atoms with Gasteiger partial charge in [0.2, 0.25) is 10.9 Å². The fourth-order valence-electron chi connectivity index (χ4n) is 4.82. The Kier molecular flexibility index (Phi) is 8.15. The van der Waals surface area contributed by atoms with Gasteiger partial charge in [0, 0.05) is 45.8 Å². The minimum atomic E-state index is -2.74. The van der Waals surface area contributed by atoms with Crippen molar-refractivity contribution in [3.05, 3.63) is 53.6 Å². The maximum absolute atomic E-state index is 13.2. The van der Waals surface area contributed by atoms with Crippen LogP contribution in [-0.4, -0.2) is 82.2 Å². The van der Waals surface area contributed by atoms with Gasteiger partial charge in [-0.3, -0.25) is 14.0 Å². The molecule has 0 aromatic heterocycles. The van der Waals surface area contributed by atoms with E-state index in [1.54, 1.807) is 24.1 Å². The number of ether oxygens (including phenoxy) is 1. The van der Waals surface area contributed by atoms with Crippen molar-refractivity contribution in [2.75, 3.05) is 56.5 Å². The Balaban J connectivity index is 1.49. The molecule has 2 aliphatic heterocycles. The van der Waals surface area contributed by atoms with Gasteiger partial charge < -0.3 is 20.1 Å². The molecular weight excluding hydrogens is 468 g/mol. The van der Waals surface area contributed by atoms with Gasteiger partial charge in [-0.1, -0.05) is 30.3 Å². The van der Waals surface area contributed by atoms with Gasteiger partial charge in [-0.15, -0.1) is 0 Å². The number of benzene rings is 2. The normalized spacial score (nSPS) is 18.6. The van der Waals surface area contributed by atoms with E-state index in [0.717, 1.165) is 49.2 Å². The van der Waals surface area contributed by atoms with Crippen molar-refractivity contribution in [3.63, 3.8) is 0 Å². The smallest absolute Gasteiger partial charge is 0.260 e. The Hall–Kier alpha value is -2.82. The molecule has 2 aromatic rings. The number of rotatable bonds is 9. The summed E-state index contributed by atoms with van der Waals surface area (Å²) in [6, 6.07) is 13.2. The van der Waals surface area contributed by atoms with Gasteiger partial charge in [0.05, 0.1) is 23.5 Å². The van der Waals surface area contributed by atoms with Gasteiger partial charge >= 0.3 is 0 Å². The lowest BCUT2D eigenvalue weighted by molar-refractivity contribution is -0.134. The summed E-state index contributed by atoms with van der Waals surface area (Å²) >= 11 is 0. The zero-order chi connectivity index (χ0) is 24.9. The summed E-state index contributed by atoms with van der Waals surface area (Å²) in [6.07, 6.45) is 2.04. The maximum Gasteiger partial charge on any atom is 0.260 e. The lowest BCUT2D eigenvalue weighted by atomic mass is 10.0. The number of carbonyl (C=O) groups is 1. The van der Waals surface area contributed by atoms with Crippen molar-refractivity contribution >= 4 is 28.2 Å². The molecule has 1 saturated heterocycles. The molecule has 1 amide bonds. The number of nitrogens with zero attached hydrogens (tertiary/aromatic N) is 3. The molecule has 2 N–H and O–H groups in total. The van der Waals surface area contributed by atoms with E-state index in [2.05, 4.69) is 10.2 Å². The number of hydrogen-bond donors (Lipinski definition) is 3. The number of aliphatic hydroxyl groups excluding tert-OH is 1. The molecule has 35 heavy (non-hydrogen) atoms. The summed E-state index contributed by atoms with van der Waals surface area (Å²) in [5.74, 6) is 0.380. The van der Waals surface area contributed by atoms with Crippen LogP contribution in [0.25, 0.3) is 0 Å². The number of likely N-dealkylation sites (N-methyl/N-ethyl adjacent to an activating group) is 1. The van der Waals surface area contributed by atoms with Crippen molar-refractivity contribution < 1.29 is 23.1 Å². The molecular formula is C25H34N4O5S. The first kappa shape index (κ1) is 25.3. The molecule has 190 valence electrons. The van der Waals surface area contributed by atoms with Crippen LogP contribution in [0.1, 0.15) is 30.0 Å². The third-order valence-corrected chi connectivity index (χ3v) is 7.53. The SMILES string of the molecule is CN(C(=O)COc1ccc(N(C)[SH](=O)=O)c2c1NCCC2)[C@H](CN1CC[C@H](O)C1)c1ccccc1. The number of anilines is 2. The van der Waals surface area contributed by atoms with Gasteiger partial charge in [0.25, 0.3) is 5.91 Å². The van der Waals surface area contributed by atoms with Crippen molar-refractivity contribution in [1.29, 1.82) is 0 Å². The number of carbonyl (C=O) groups excluding carboxylic acids is 1. The van der Waals surface area contributed by atoms with Gasteiger partial charge in [-0.05, 0) is 37.0 Å². The topological polar surface area (TPSA) is 102 Å². The quantitative estimate of drug-likeness (QED) is 0.448. The highest BCUT2D eigenvalue weighted by Gasteiger charge is 2.29. The molecule has 0 aliphatic carbocycles. The average molecular weight is 503 g/mol. The molecule has 10 heteroatoms. The van der Waals surface area contributed by atoms with Crippen LogP contribution >= 0.6 is 0 Å². The third-order valence-electron chi connectivity index (χ3n) is 6.82. The van der Waals surface area contributed by atoms with E-state index < -0.39 is 10.9 Å². The molecule has 9 nitrogen and oxygen atoms in total. The second-order valence-electron chi connectivity index (χ2n) is 9.15. The van der Waals surface area contributed by atoms with Crippen molar-refractivity contribution in [2.24, 2.45) is 0 Å². The summed E-state index contributed by atoms with van der Waals surface area (Å²) in [6.45, 7) is 2.66. The number of likely N-dealkylation sites (tertiary alicyclic amines) is 1. The van der Waals surface area contributed by atoms with Crippen molar-refractivity contribution in [1.82, 2.24) is 9.80 Å². The first-order chi connectivity index (χ1) is 16.8. The van der Waals surface area contributed by atoms with E-state index in [9.17, 15) is 18.3 Å². The van der Waals surface area contributed by atoms with E-state index in [1.807, 2.05) is 30.3 Å². The number of aliphatic hydroxyl groups is 1. The van der Waals surface area contributed by atoms with E-state index in [0.29, 0.717) is 24.5 Å². The number of nitrogens with one attached hydrogen (secondary N) is 1. The third kappa shape index (κ3) is 5.88. The summed E-state index contributed by atoms with van der Waals surface area (Å²) < 4.78 is 30.3. The largest absolute Gasteiger partial charge is 0.482 e. The first-order valence-corrected chi connectivity index (χ1v) is 13.1. The zero-order valence-corrected chi connectivity index (χ0v) is 21.1. The fraction of sp³-hybridized carbons (Fsp3) is 0.480. The number of thiol groups is 1. The van der Waals surface area contributed by atoms with Gasteiger partial charge in [-0.2, -0.15) is 0 Å². The molecule has 4 rings (SSSR count). The summed E-state index contributed by atoms with van der Waals surface area (Å²) in [5, 5.41) is 13.3. The second-order valence-corrected chi connectivity index (χ2v) is 10.2. The lowest BCUT2D eigenvalue weighted by Gasteiger charge is -2.32. The van der Waals surface area contributed by atoms with E-state index in [4.69, 9.17) is 4.74 Å². The van der Waals surface area contributed by atoms with Crippen LogP contribution in [0.4, 0.5) is 11.4 Å². The minimum Gasteiger partial charge on any atom is -0.482 e. The summed E-state index contributed by atoms with van der Waals surface area (Å²) in [4.78, 5) is 17.1. The molecule has 1 fully saturated rings. The number of β-amino-alcohol motifs (C(OH)–C–C–N with tert-alkyl or cyclic N) is 1. The minimum absolute atomic E-state index is 0.137. The Labute approximate surface area is 208 Å². The molecule has 0 spiro atoms. The molecule has 0 radical (unpaired) electrons. The van der Waals surface area contributed by atoms with E-state index >= 15 is 0 Å². The van der Waals surface area contributed by atoms with Crippen LogP contribution < -0.4 is 14.4 Å². The van der Waals surface area contributed by atoms with Crippen LogP contribution in [0, 0.1) is 0 Å². The Morgan fingerprint density at radius 3 is 2.69 bits per heavy atom. The van der Waals surface area contributed by atoms with E-state index in [1.165, 1.54) is 11.4 Å². The summed E-state index contributed by atoms with van der Waals surface area (Å²) in [7, 11) is 0.566. The number of amides is 1. The Bertz CT molecular complexity index is 1100. The van der Waals surface area contributed by atoms with Crippen molar-refractivity contribution in [3.8, 4) is 5.75 Å². The highest BCUT2D eigenvalue weighted by Crippen LogP contribution is 2.38. The van der Waals surface area contributed by atoms with Crippen LogP contribution in [0.2, 0.25) is 0 Å². The summed E-state index contributed by atoms with van der Waals surface area (Å²) in [5.41, 5.74) is 3.28. The van der Waals surface area contributed by atoms with Gasteiger partial charge in [-0.25, -0.2) is 8.42 Å². The van der Waals surface area contributed by atoms with E-state index in [-0.39, 0.29) is 24.7 Å². The lowest BCUT2D eigenvalue weighted by Crippen LogP contribution is -2.41. The van der Waals surface area contributed by atoms with Crippen LogP contribution in [0.3, 0.4) is 0 Å². The van der Waals surface area contributed by atoms with Crippen LogP contribution in [0.5, 0.6) is 5.75 Å². The Morgan fingerprint density at radius 2 is 2.00 bits per heavy atom. The number of hydrogen-bond acceptors (Lipinski definition) is 7. The second kappa shape index (κ2) is 11.3. The van der Waals surface area contributed by atoms with Crippen molar-refractivity contribution in [2.45, 2.75) is 31.4 Å². The molecule has 0 unspecified atom stereocenters. The Morgan fingerprint density at radius 1 is 1.23 bits per heavy atom. The molecule has 2 heterocycles. The monoisotopic (exact) mass is 502 g/mol. The number of fused-ring (bicyclic) bond motifs is 1. The first-order valence-electron chi connectivity index (χ1n) is 12.0. The van der Waals surface area contributed by atoms with Crippen LogP contribution in [-0.2, 0) is 22.1 Å². The van der Waals surface area contributed by atoms with Gasteiger partial charge in [0.15, 0.2) is 6.61 Å². The average Bonchev–Trinajstić information content (AvgIpc) is 3.29.